The van der Waals surface area contributed by atoms with Gasteiger partial charge in [0, 0.05) is 31.3 Å². The van der Waals surface area contributed by atoms with Crippen molar-refractivity contribution in [2.24, 2.45) is 0 Å². The lowest BCUT2D eigenvalue weighted by Gasteiger charge is -2.49. The zero-order valence-corrected chi connectivity index (χ0v) is 14.3. The number of rotatable bonds is 5. The highest BCUT2D eigenvalue weighted by Crippen LogP contribution is 2.35. The van der Waals surface area contributed by atoms with Crippen molar-refractivity contribution in [3.8, 4) is 0 Å². The van der Waals surface area contributed by atoms with Gasteiger partial charge in [0.2, 0.25) is 0 Å². The third-order valence-electron chi connectivity index (χ3n) is 5.41. The van der Waals surface area contributed by atoms with Crippen molar-refractivity contribution in [3.63, 3.8) is 0 Å². The van der Waals surface area contributed by atoms with Crippen molar-refractivity contribution >= 4 is 0 Å². The maximum Gasteiger partial charge on any atom is 0.0777 e. The highest BCUT2D eigenvalue weighted by atomic mass is 16.5. The van der Waals surface area contributed by atoms with Crippen LogP contribution in [0.15, 0.2) is 0 Å². The molecule has 0 aromatic carbocycles. The van der Waals surface area contributed by atoms with E-state index in [1.807, 2.05) is 7.11 Å². The van der Waals surface area contributed by atoms with Gasteiger partial charge in [-0.1, -0.05) is 13.8 Å². The number of nitrogens with zero attached hydrogens (tertiary/aromatic N) is 1. The van der Waals surface area contributed by atoms with Crippen LogP contribution >= 0.6 is 0 Å². The maximum absolute atomic E-state index is 9.95. The lowest BCUT2D eigenvalue weighted by molar-refractivity contribution is -0.0710. The number of hydrogen-bond donors (Lipinski definition) is 2. The van der Waals surface area contributed by atoms with Crippen molar-refractivity contribution in [2.75, 3.05) is 26.8 Å². The van der Waals surface area contributed by atoms with Crippen LogP contribution in [0, 0.1) is 0 Å². The van der Waals surface area contributed by atoms with E-state index in [-0.39, 0.29) is 17.7 Å². The Hall–Kier alpha value is -0.160. The smallest absolute Gasteiger partial charge is 0.0777 e. The lowest BCUT2D eigenvalue weighted by Crippen LogP contribution is -2.60. The van der Waals surface area contributed by atoms with Crippen LogP contribution in [0.3, 0.4) is 0 Å². The molecule has 1 aliphatic carbocycles. The predicted molar refractivity (Wildman–Crippen MR) is 86.6 cm³/mol. The summed E-state index contributed by atoms with van der Waals surface area (Å²) in [5, 5.41) is 13.6. The molecule has 0 bridgehead atoms. The summed E-state index contributed by atoms with van der Waals surface area (Å²) in [4.78, 5) is 2.61. The minimum Gasteiger partial charge on any atom is -0.394 e. The van der Waals surface area contributed by atoms with Crippen LogP contribution < -0.4 is 5.32 Å². The number of aliphatic hydroxyl groups is 1. The summed E-state index contributed by atoms with van der Waals surface area (Å²) in [5.41, 5.74) is -0.0823. The van der Waals surface area contributed by atoms with Crippen LogP contribution in [-0.4, -0.2) is 60.0 Å². The molecule has 3 atom stereocenters. The van der Waals surface area contributed by atoms with Crippen LogP contribution in [-0.2, 0) is 4.74 Å². The van der Waals surface area contributed by atoms with Crippen LogP contribution in [0.4, 0.5) is 0 Å². The zero-order chi connectivity index (χ0) is 15.5. The predicted octanol–water partition coefficient (Wildman–Crippen LogP) is 2.16. The molecular weight excluding hydrogens is 264 g/mol. The number of hydrogen-bond acceptors (Lipinski definition) is 4. The SMILES string of the molecule is COC1(C)CCCN(C2CCCC(CO)(NC(C)C)C2)C1. The van der Waals surface area contributed by atoms with E-state index in [1.165, 1.54) is 25.8 Å². The highest BCUT2D eigenvalue weighted by molar-refractivity contribution is 4.99. The Kier molecular flexibility index (Phi) is 5.69. The van der Waals surface area contributed by atoms with Crippen molar-refractivity contribution < 1.29 is 9.84 Å². The largest absolute Gasteiger partial charge is 0.394 e. The Labute approximate surface area is 130 Å². The molecule has 2 rings (SSSR count). The minimum absolute atomic E-state index is 0.00302. The molecule has 1 heterocycles. The van der Waals surface area contributed by atoms with E-state index in [2.05, 4.69) is 31.0 Å². The van der Waals surface area contributed by atoms with Crippen LogP contribution in [0.5, 0.6) is 0 Å². The normalized spacial score (nSPS) is 38.9. The zero-order valence-electron chi connectivity index (χ0n) is 14.3. The first kappa shape index (κ1) is 17.2. The summed E-state index contributed by atoms with van der Waals surface area (Å²) in [6.07, 6.45) is 6.97. The third-order valence-corrected chi connectivity index (χ3v) is 5.41. The van der Waals surface area contributed by atoms with Crippen LogP contribution in [0.25, 0.3) is 0 Å². The minimum atomic E-state index is -0.0853. The topological polar surface area (TPSA) is 44.7 Å². The number of aliphatic hydroxyl groups excluding tert-OH is 1. The van der Waals surface area contributed by atoms with E-state index in [4.69, 9.17) is 4.74 Å². The number of ether oxygens (including phenoxy) is 1. The van der Waals surface area contributed by atoms with Gasteiger partial charge in [0.25, 0.3) is 0 Å². The molecule has 4 nitrogen and oxygen atoms in total. The van der Waals surface area contributed by atoms with Gasteiger partial charge >= 0.3 is 0 Å². The fourth-order valence-corrected chi connectivity index (χ4v) is 4.30. The first-order valence-electron chi connectivity index (χ1n) is 8.60. The van der Waals surface area contributed by atoms with Crippen molar-refractivity contribution in [2.45, 2.75) is 82.5 Å². The van der Waals surface area contributed by atoms with Gasteiger partial charge in [-0.25, -0.2) is 0 Å². The Bertz CT molecular complexity index is 337. The summed E-state index contributed by atoms with van der Waals surface area (Å²) in [6, 6.07) is 0.994. The molecule has 2 fully saturated rings. The monoisotopic (exact) mass is 298 g/mol. The number of piperidine rings is 1. The van der Waals surface area contributed by atoms with Gasteiger partial charge in [-0.15, -0.1) is 0 Å². The van der Waals surface area contributed by atoms with Gasteiger partial charge < -0.3 is 15.2 Å². The number of likely N-dealkylation sites (tertiary alicyclic amines) is 1. The van der Waals surface area contributed by atoms with Crippen molar-refractivity contribution in [1.82, 2.24) is 10.2 Å². The molecule has 21 heavy (non-hydrogen) atoms. The molecule has 1 saturated heterocycles. The first-order valence-corrected chi connectivity index (χ1v) is 8.60. The first-order chi connectivity index (χ1) is 9.92. The molecule has 0 radical (unpaired) electrons. The van der Waals surface area contributed by atoms with Crippen molar-refractivity contribution in [3.05, 3.63) is 0 Å². The van der Waals surface area contributed by atoms with Gasteiger partial charge in [0.05, 0.1) is 12.2 Å². The Balaban J connectivity index is 2.03. The molecule has 1 aliphatic heterocycles. The van der Waals surface area contributed by atoms with E-state index >= 15 is 0 Å². The van der Waals surface area contributed by atoms with Gasteiger partial charge in [-0.2, -0.15) is 0 Å². The average Bonchev–Trinajstić information content (AvgIpc) is 2.47. The van der Waals surface area contributed by atoms with Gasteiger partial charge in [0.15, 0.2) is 0 Å². The fraction of sp³-hybridized carbons (Fsp3) is 1.00. The van der Waals surface area contributed by atoms with Crippen LogP contribution in [0.1, 0.15) is 59.3 Å². The lowest BCUT2D eigenvalue weighted by atomic mass is 9.77. The van der Waals surface area contributed by atoms with E-state index < -0.39 is 0 Å². The average molecular weight is 298 g/mol. The molecule has 2 aliphatic rings. The summed E-state index contributed by atoms with van der Waals surface area (Å²) in [6.45, 7) is 9.02. The molecule has 3 unspecified atom stereocenters. The molecule has 0 aromatic rings. The molecular formula is C17H34N2O2. The van der Waals surface area contributed by atoms with Crippen LogP contribution in [0.2, 0.25) is 0 Å². The van der Waals surface area contributed by atoms with E-state index in [9.17, 15) is 5.11 Å². The van der Waals surface area contributed by atoms with E-state index in [0.717, 1.165) is 25.8 Å². The third kappa shape index (κ3) is 4.19. The van der Waals surface area contributed by atoms with E-state index in [0.29, 0.717) is 12.1 Å². The maximum atomic E-state index is 9.95. The summed E-state index contributed by atoms with van der Waals surface area (Å²) < 4.78 is 5.74. The van der Waals surface area contributed by atoms with E-state index in [1.54, 1.807) is 0 Å². The summed E-state index contributed by atoms with van der Waals surface area (Å²) in [5.74, 6) is 0. The molecule has 1 saturated carbocycles. The molecule has 2 N–H and O–H groups in total. The van der Waals surface area contributed by atoms with Gasteiger partial charge in [0.1, 0.15) is 0 Å². The quantitative estimate of drug-likeness (QED) is 0.816. The number of nitrogens with one attached hydrogen (secondary N) is 1. The highest BCUT2D eigenvalue weighted by Gasteiger charge is 2.41. The molecule has 0 spiro atoms. The summed E-state index contributed by atoms with van der Waals surface area (Å²) >= 11 is 0. The summed E-state index contributed by atoms with van der Waals surface area (Å²) in [7, 11) is 1.84. The molecule has 0 aromatic heterocycles. The second kappa shape index (κ2) is 6.95. The van der Waals surface area contributed by atoms with Gasteiger partial charge in [-0.3, -0.25) is 4.90 Å². The van der Waals surface area contributed by atoms with Gasteiger partial charge in [-0.05, 0) is 52.0 Å². The molecule has 4 heteroatoms. The van der Waals surface area contributed by atoms with Crippen molar-refractivity contribution in [1.29, 1.82) is 0 Å². The Morgan fingerprint density at radius 2 is 2.10 bits per heavy atom. The Morgan fingerprint density at radius 1 is 1.33 bits per heavy atom. The standard InChI is InChI=1S/C17H34N2O2/c1-14(2)18-17(13-20)9-5-7-15(11-17)19-10-6-8-16(3,12-19)21-4/h14-15,18,20H,5-13H2,1-4H3. The second-order valence-electron chi connectivity index (χ2n) is 7.72. The number of methoxy groups -OCH3 is 1. The molecule has 0 amide bonds. The molecule has 124 valence electrons. The Morgan fingerprint density at radius 3 is 2.71 bits per heavy atom. The second-order valence-corrected chi connectivity index (χ2v) is 7.72. The fourth-order valence-electron chi connectivity index (χ4n) is 4.30.